The zero-order chi connectivity index (χ0) is 15.4. The van der Waals surface area contributed by atoms with Gasteiger partial charge >= 0.3 is 0 Å². The lowest BCUT2D eigenvalue weighted by Crippen LogP contribution is -2.54. The zero-order valence-corrected chi connectivity index (χ0v) is 15.1. The summed E-state index contributed by atoms with van der Waals surface area (Å²) in [4.78, 5) is 20.9. The summed E-state index contributed by atoms with van der Waals surface area (Å²) in [5.41, 5.74) is 6.04. The van der Waals surface area contributed by atoms with Crippen LogP contribution in [0.4, 0.5) is 5.13 Å². The summed E-state index contributed by atoms with van der Waals surface area (Å²) < 4.78 is 4.31. The number of carbonyl (C=O) groups is 1. The first-order valence-corrected chi connectivity index (χ1v) is 8.46. The quantitative estimate of drug-likeness (QED) is 0.874. The van der Waals surface area contributed by atoms with Crippen LogP contribution < -0.4 is 10.6 Å². The average Bonchev–Trinajstić information content (AvgIpc) is 3.02. The van der Waals surface area contributed by atoms with Gasteiger partial charge in [-0.15, -0.1) is 12.4 Å². The number of piperazine rings is 1. The lowest BCUT2D eigenvalue weighted by molar-refractivity contribution is -0.134. The molecule has 1 aromatic rings. The van der Waals surface area contributed by atoms with Crippen LogP contribution in [0.5, 0.6) is 0 Å². The van der Waals surface area contributed by atoms with E-state index < -0.39 is 0 Å². The van der Waals surface area contributed by atoms with E-state index in [2.05, 4.69) is 28.1 Å². The molecule has 8 heteroatoms. The highest BCUT2D eigenvalue weighted by Crippen LogP contribution is 2.20. The molecule has 0 spiro atoms. The molecule has 0 aromatic carbocycles. The van der Waals surface area contributed by atoms with Gasteiger partial charge in [-0.1, -0.05) is 27.2 Å². The maximum atomic E-state index is 12.3. The number of carbonyl (C=O) groups excluding carboxylic acids is 1. The van der Waals surface area contributed by atoms with E-state index in [-0.39, 0.29) is 30.3 Å². The average molecular weight is 348 g/mol. The molecule has 2 unspecified atom stereocenters. The van der Waals surface area contributed by atoms with Gasteiger partial charge in [0.15, 0.2) is 0 Å². The molecule has 0 bridgehead atoms. The monoisotopic (exact) mass is 347 g/mol. The van der Waals surface area contributed by atoms with Crippen molar-refractivity contribution in [3.05, 3.63) is 5.82 Å². The number of aromatic nitrogens is 2. The molecule has 1 fully saturated rings. The van der Waals surface area contributed by atoms with E-state index in [1.165, 1.54) is 11.5 Å². The smallest absolute Gasteiger partial charge is 0.239 e. The molecule has 1 saturated heterocycles. The predicted molar refractivity (Wildman–Crippen MR) is 92.8 cm³/mol. The van der Waals surface area contributed by atoms with Crippen molar-refractivity contribution in [3.63, 3.8) is 0 Å². The Balaban J connectivity index is 0.00000242. The number of aryl methyl sites for hydroxylation is 1. The first-order chi connectivity index (χ1) is 10.1. The topological polar surface area (TPSA) is 75.4 Å². The van der Waals surface area contributed by atoms with Gasteiger partial charge in [0.2, 0.25) is 11.0 Å². The fourth-order valence-electron chi connectivity index (χ4n) is 2.34. The zero-order valence-electron chi connectivity index (χ0n) is 13.5. The molecule has 0 aliphatic carbocycles. The highest BCUT2D eigenvalue weighted by atomic mass is 35.5. The molecule has 1 amide bonds. The summed E-state index contributed by atoms with van der Waals surface area (Å²) in [6.45, 7) is 9.18. The molecule has 1 aliphatic heterocycles. The van der Waals surface area contributed by atoms with Gasteiger partial charge in [0, 0.05) is 44.1 Å². The Bertz CT molecular complexity index is 476. The van der Waals surface area contributed by atoms with Crippen LogP contribution in [0.2, 0.25) is 0 Å². The standard InChI is InChI=1S/C14H25N5OS.ClH/c1-4-10(3)12(15)13(20)18-6-8-19(9-7-18)14-16-11(5-2)17-21-14;/h10,12H,4-9,15H2,1-3H3;1H. The Morgan fingerprint density at radius 2 is 1.95 bits per heavy atom. The van der Waals surface area contributed by atoms with E-state index in [1.807, 2.05) is 11.8 Å². The molecule has 126 valence electrons. The van der Waals surface area contributed by atoms with Gasteiger partial charge in [-0.05, 0) is 5.92 Å². The number of nitrogens with zero attached hydrogens (tertiary/aromatic N) is 4. The number of nitrogens with two attached hydrogens (primary N) is 1. The van der Waals surface area contributed by atoms with Crippen molar-refractivity contribution in [2.75, 3.05) is 31.1 Å². The summed E-state index contributed by atoms with van der Waals surface area (Å²) in [5.74, 6) is 1.20. The number of hydrogen-bond acceptors (Lipinski definition) is 6. The van der Waals surface area contributed by atoms with Crippen LogP contribution >= 0.6 is 23.9 Å². The van der Waals surface area contributed by atoms with Crippen LogP contribution in [0.3, 0.4) is 0 Å². The summed E-state index contributed by atoms with van der Waals surface area (Å²) >= 11 is 1.44. The number of rotatable bonds is 5. The van der Waals surface area contributed by atoms with Gasteiger partial charge in [0.05, 0.1) is 6.04 Å². The van der Waals surface area contributed by atoms with Crippen molar-refractivity contribution in [2.24, 2.45) is 11.7 Å². The summed E-state index contributed by atoms with van der Waals surface area (Å²) in [6, 6.07) is -0.380. The highest BCUT2D eigenvalue weighted by molar-refractivity contribution is 7.09. The second-order valence-electron chi connectivity index (χ2n) is 5.57. The van der Waals surface area contributed by atoms with Crippen molar-refractivity contribution >= 4 is 35.0 Å². The molecule has 1 aliphatic rings. The van der Waals surface area contributed by atoms with Gasteiger partial charge < -0.3 is 15.5 Å². The van der Waals surface area contributed by atoms with Gasteiger partial charge in [-0.3, -0.25) is 4.79 Å². The summed E-state index contributed by atoms with van der Waals surface area (Å²) in [5, 5.41) is 0.963. The SMILES string of the molecule is CCc1nsc(N2CCN(C(=O)C(N)C(C)CC)CC2)n1.Cl. The maximum absolute atomic E-state index is 12.3. The third-order valence-electron chi connectivity index (χ3n) is 4.18. The van der Waals surface area contributed by atoms with Crippen LogP contribution in [0, 0.1) is 5.92 Å². The number of halogens is 1. The largest absolute Gasteiger partial charge is 0.343 e. The maximum Gasteiger partial charge on any atom is 0.239 e. The minimum Gasteiger partial charge on any atom is -0.343 e. The fraction of sp³-hybridized carbons (Fsp3) is 0.786. The van der Waals surface area contributed by atoms with Crippen molar-refractivity contribution in [1.29, 1.82) is 0 Å². The Hall–Kier alpha value is -0.920. The van der Waals surface area contributed by atoms with E-state index in [1.54, 1.807) is 0 Å². The normalized spacial score (nSPS) is 17.8. The van der Waals surface area contributed by atoms with Crippen LogP contribution in [-0.4, -0.2) is 52.4 Å². The van der Waals surface area contributed by atoms with Gasteiger partial charge in [0.1, 0.15) is 5.82 Å². The summed E-state index contributed by atoms with van der Waals surface area (Å²) in [6.07, 6.45) is 1.79. The first kappa shape index (κ1) is 19.1. The number of amides is 1. The molecular weight excluding hydrogens is 322 g/mol. The van der Waals surface area contributed by atoms with Gasteiger partial charge in [-0.25, -0.2) is 4.98 Å². The second kappa shape index (κ2) is 8.64. The van der Waals surface area contributed by atoms with E-state index in [0.29, 0.717) is 13.1 Å². The molecule has 1 aromatic heterocycles. The Morgan fingerprint density at radius 3 is 2.45 bits per heavy atom. The van der Waals surface area contributed by atoms with Gasteiger partial charge in [0.25, 0.3) is 0 Å². The molecule has 2 rings (SSSR count). The van der Waals surface area contributed by atoms with Crippen LogP contribution in [0.1, 0.15) is 33.0 Å². The van der Waals surface area contributed by atoms with Crippen molar-refractivity contribution < 1.29 is 4.79 Å². The van der Waals surface area contributed by atoms with Crippen LogP contribution in [0.15, 0.2) is 0 Å². The Kier molecular flexibility index (Phi) is 7.52. The number of anilines is 1. The molecule has 6 nitrogen and oxygen atoms in total. The minimum atomic E-state index is -0.380. The van der Waals surface area contributed by atoms with Crippen LogP contribution in [-0.2, 0) is 11.2 Å². The Labute approximate surface area is 142 Å². The highest BCUT2D eigenvalue weighted by Gasteiger charge is 2.28. The second-order valence-corrected chi connectivity index (χ2v) is 6.30. The van der Waals surface area contributed by atoms with Crippen molar-refractivity contribution in [3.8, 4) is 0 Å². The minimum absolute atomic E-state index is 0. The molecule has 2 N–H and O–H groups in total. The molecule has 0 saturated carbocycles. The van der Waals surface area contributed by atoms with Crippen molar-refractivity contribution in [1.82, 2.24) is 14.3 Å². The van der Waals surface area contributed by atoms with Crippen LogP contribution in [0.25, 0.3) is 0 Å². The lowest BCUT2D eigenvalue weighted by Gasteiger charge is -2.36. The van der Waals surface area contributed by atoms with E-state index >= 15 is 0 Å². The van der Waals surface area contributed by atoms with Crippen molar-refractivity contribution in [2.45, 2.75) is 39.7 Å². The van der Waals surface area contributed by atoms with Gasteiger partial charge in [-0.2, -0.15) is 4.37 Å². The summed E-state index contributed by atoms with van der Waals surface area (Å²) in [7, 11) is 0. The van der Waals surface area contributed by atoms with E-state index in [4.69, 9.17) is 5.73 Å². The lowest BCUT2D eigenvalue weighted by atomic mass is 9.98. The fourth-order valence-corrected chi connectivity index (χ4v) is 3.14. The molecule has 0 radical (unpaired) electrons. The molecule has 22 heavy (non-hydrogen) atoms. The molecule has 2 atom stereocenters. The number of hydrogen-bond donors (Lipinski definition) is 1. The third-order valence-corrected chi connectivity index (χ3v) is 4.99. The third kappa shape index (κ3) is 4.30. The predicted octanol–water partition coefficient (Wildman–Crippen LogP) is 1.54. The van der Waals surface area contributed by atoms with E-state index in [9.17, 15) is 4.79 Å². The van der Waals surface area contributed by atoms with E-state index in [0.717, 1.165) is 36.9 Å². The first-order valence-electron chi connectivity index (χ1n) is 7.68. The Morgan fingerprint density at radius 1 is 1.32 bits per heavy atom. The molecule has 2 heterocycles. The molecular formula is C14H26ClN5OS.